The minimum Gasteiger partial charge on any atom is -0.355 e. The van der Waals surface area contributed by atoms with Crippen LogP contribution >= 0.6 is 0 Å². The van der Waals surface area contributed by atoms with Crippen LogP contribution in [0.4, 0.5) is 5.69 Å². The summed E-state index contributed by atoms with van der Waals surface area (Å²) in [5.41, 5.74) is 1.40. The largest absolute Gasteiger partial charge is 0.355 e. The Morgan fingerprint density at radius 2 is 1.57 bits per heavy atom. The molecule has 0 aromatic heterocycles. The van der Waals surface area contributed by atoms with Gasteiger partial charge in [0, 0.05) is 24.7 Å². The maximum absolute atomic E-state index is 12.1. The Labute approximate surface area is 165 Å². The van der Waals surface area contributed by atoms with Crippen molar-refractivity contribution in [2.75, 3.05) is 11.9 Å². The van der Waals surface area contributed by atoms with Gasteiger partial charge in [-0.1, -0.05) is 30.3 Å². The lowest BCUT2D eigenvalue weighted by Crippen LogP contribution is -2.30. The molecule has 0 aliphatic carbocycles. The smallest absolute Gasteiger partial charge is 0.240 e. The molecule has 0 heterocycles. The lowest BCUT2D eigenvalue weighted by atomic mass is 10.1. The monoisotopic (exact) mass is 403 g/mol. The quantitative estimate of drug-likeness (QED) is 0.596. The van der Waals surface area contributed by atoms with Crippen molar-refractivity contribution in [1.29, 1.82) is 0 Å². The van der Waals surface area contributed by atoms with E-state index in [-0.39, 0.29) is 42.1 Å². The first-order valence-corrected chi connectivity index (χ1v) is 10.5. The number of hydrogen-bond donors (Lipinski definition) is 3. The predicted molar refractivity (Wildman–Crippen MR) is 108 cm³/mol. The van der Waals surface area contributed by atoms with Gasteiger partial charge in [-0.3, -0.25) is 9.59 Å². The first-order chi connectivity index (χ1) is 13.3. The van der Waals surface area contributed by atoms with Crippen LogP contribution < -0.4 is 15.4 Å². The maximum Gasteiger partial charge on any atom is 0.240 e. The fourth-order valence-electron chi connectivity index (χ4n) is 2.48. The van der Waals surface area contributed by atoms with Gasteiger partial charge in [0.2, 0.25) is 21.8 Å². The summed E-state index contributed by atoms with van der Waals surface area (Å²) >= 11 is 0. The number of amides is 2. The fourth-order valence-corrected chi connectivity index (χ4v) is 3.73. The molecule has 0 radical (unpaired) electrons. The Balaban J connectivity index is 1.77. The third-order valence-corrected chi connectivity index (χ3v) is 5.40. The van der Waals surface area contributed by atoms with Gasteiger partial charge >= 0.3 is 0 Å². The second-order valence-corrected chi connectivity index (χ2v) is 8.32. The van der Waals surface area contributed by atoms with E-state index >= 15 is 0 Å². The number of nitrogens with one attached hydrogen (secondary N) is 3. The summed E-state index contributed by atoms with van der Waals surface area (Å²) in [4.78, 5) is 24.0. The third kappa shape index (κ3) is 7.13. The van der Waals surface area contributed by atoms with Crippen molar-refractivity contribution in [2.45, 2.75) is 37.6 Å². The predicted octanol–water partition coefficient (Wildman–Crippen LogP) is 2.06. The van der Waals surface area contributed by atoms with Gasteiger partial charge in [0.1, 0.15) is 0 Å². The van der Waals surface area contributed by atoms with Gasteiger partial charge in [-0.25, -0.2) is 13.1 Å². The Kier molecular flexibility index (Phi) is 7.71. The SMILES string of the molecule is CC(C)NS(=O)(=O)c1ccc(NC(=O)CCNC(=O)Cc2ccccc2)cc1. The van der Waals surface area contributed by atoms with Crippen molar-refractivity contribution in [3.63, 3.8) is 0 Å². The topological polar surface area (TPSA) is 104 Å². The molecule has 0 aliphatic rings. The number of benzene rings is 2. The molecule has 2 amide bonds. The first kappa shape index (κ1) is 21.6. The van der Waals surface area contributed by atoms with Crippen LogP contribution in [0.1, 0.15) is 25.8 Å². The Morgan fingerprint density at radius 1 is 0.929 bits per heavy atom. The van der Waals surface area contributed by atoms with E-state index in [2.05, 4.69) is 15.4 Å². The highest BCUT2D eigenvalue weighted by atomic mass is 32.2. The maximum atomic E-state index is 12.1. The molecule has 0 saturated heterocycles. The van der Waals surface area contributed by atoms with E-state index in [1.807, 2.05) is 30.3 Å². The summed E-state index contributed by atoms with van der Waals surface area (Å²) in [6.07, 6.45) is 0.387. The van der Waals surface area contributed by atoms with E-state index < -0.39 is 10.0 Å². The van der Waals surface area contributed by atoms with Crippen LogP contribution in [0, 0.1) is 0 Å². The zero-order chi connectivity index (χ0) is 20.6. The first-order valence-electron chi connectivity index (χ1n) is 8.99. The zero-order valence-electron chi connectivity index (χ0n) is 15.9. The minimum atomic E-state index is -3.56. The van der Waals surface area contributed by atoms with Crippen LogP contribution in [0.3, 0.4) is 0 Å². The molecule has 0 fully saturated rings. The highest BCUT2D eigenvalue weighted by Gasteiger charge is 2.15. The molecular weight excluding hydrogens is 378 g/mol. The van der Waals surface area contributed by atoms with E-state index in [9.17, 15) is 18.0 Å². The number of carbonyl (C=O) groups is 2. The van der Waals surface area contributed by atoms with E-state index in [0.29, 0.717) is 5.69 Å². The van der Waals surface area contributed by atoms with Gasteiger partial charge in [0.05, 0.1) is 11.3 Å². The van der Waals surface area contributed by atoms with E-state index in [1.165, 1.54) is 24.3 Å². The van der Waals surface area contributed by atoms with Crippen LogP contribution in [0.2, 0.25) is 0 Å². The Morgan fingerprint density at radius 3 is 2.18 bits per heavy atom. The molecule has 0 saturated carbocycles. The average molecular weight is 404 g/mol. The number of sulfonamides is 1. The molecule has 7 nitrogen and oxygen atoms in total. The molecule has 0 bridgehead atoms. The summed E-state index contributed by atoms with van der Waals surface area (Å²) in [6, 6.07) is 15.1. The van der Waals surface area contributed by atoms with Crippen LogP contribution in [0.5, 0.6) is 0 Å². The lowest BCUT2D eigenvalue weighted by molar-refractivity contribution is -0.120. The molecule has 0 atom stereocenters. The summed E-state index contributed by atoms with van der Waals surface area (Å²) in [6.45, 7) is 3.71. The molecular formula is C20H25N3O4S. The summed E-state index contributed by atoms with van der Waals surface area (Å²) < 4.78 is 26.6. The number of carbonyl (C=O) groups excluding carboxylic acids is 2. The molecule has 0 spiro atoms. The van der Waals surface area contributed by atoms with Crippen LogP contribution in [-0.4, -0.2) is 32.8 Å². The standard InChI is InChI=1S/C20H25N3O4S/c1-15(2)23-28(26,27)18-10-8-17(9-11-18)22-19(24)12-13-21-20(25)14-16-6-4-3-5-7-16/h3-11,15,23H,12-14H2,1-2H3,(H,21,25)(H,22,24). The van der Waals surface area contributed by atoms with Crippen molar-refractivity contribution in [3.8, 4) is 0 Å². The number of rotatable bonds is 9. The second kappa shape index (κ2) is 10.0. The Hall–Kier alpha value is -2.71. The summed E-state index contributed by atoms with van der Waals surface area (Å²) in [5.74, 6) is -0.415. The van der Waals surface area contributed by atoms with Crippen LogP contribution in [0.15, 0.2) is 59.5 Å². The van der Waals surface area contributed by atoms with Gasteiger partial charge in [0.25, 0.3) is 0 Å². The molecule has 0 aliphatic heterocycles. The number of anilines is 1. The molecule has 8 heteroatoms. The van der Waals surface area contributed by atoms with Gasteiger partial charge in [-0.2, -0.15) is 0 Å². The van der Waals surface area contributed by atoms with Crippen molar-refractivity contribution < 1.29 is 18.0 Å². The van der Waals surface area contributed by atoms with Gasteiger partial charge in [-0.05, 0) is 43.7 Å². The van der Waals surface area contributed by atoms with Gasteiger partial charge in [-0.15, -0.1) is 0 Å². The van der Waals surface area contributed by atoms with Gasteiger partial charge < -0.3 is 10.6 Å². The Bertz CT molecular complexity index is 895. The average Bonchev–Trinajstić information content (AvgIpc) is 2.62. The molecule has 0 unspecified atom stereocenters. The van der Waals surface area contributed by atoms with Gasteiger partial charge in [0.15, 0.2) is 0 Å². The van der Waals surface area contributed by atoms with E-state index in [4.69, 9.17) is 0 Å². The van der Waals surface area contributed by atoms with Crippen LogP contribution in [-0.2, 0) is 26.0 Å². The molecule has 150 valence electrons. The number of hydrogen-bond acceptors (Lipinski definition) is 4. The minimum absolute atomic E-state index is 0.121. The van der Waals surface area contributed by atoms with Crippen LogP contribution in [0.25, 0.3) is 0 Å². The second-order valence-electron chi connectivity index (χ2n) is 6.61. The van der Waals surface area contributed by atoms with Crippen molar-refractivity contribution in [1.82, 2.24) is 10.0 Å². The van der Waals surface area contributed by atoms with E-state index in [1.54, 1.807) is 13.8 Å². The summed E-state index contributed by atoms with van der Waals surface area (Å²) in [5, 5.41) is 5.39. The highest BCUT2D eigenvalue weighted by Crippen LogP contribution is 2.14. The third-order valence-electron chi connectivity index (χ3n) is 3.72. The van der Waals surface area contributed by atoms with Crippen molar-refractivity contribution in [3.05, 3.63) is 60.2 Å². The molecule has 3 N–H and O–H groups in total. The lowest BCUT2D eigenvalue weighted by Gasteiger charge is -2.10. The fraction of sp³-hybridized carbons (Fsp3) is 0.300. The molecule has 28 heavy (non-hydrogen) atoms. The normalized spacial score (nSPS) is 11.2. The zero-order valence-corrected chi connectivity index (χ0v) is 16.8. The van der Waals surface area contributed by atoms with Crippen molar-refractivity contribution >= 4 is 27.5 Å². The molecule has 2 rings (SSSR count). The summed E-state index contributed by atoms with van der Waals surface area (Å²) in [7, 11) is -3.56. The molecule has 2 aromatic rings. The van der Waals surface area contributed by atoms with E-state index in [0.717, 1.165) is 5.56 Å². The molecule has 2 aromatic carbocycles. The van der Waals surface area contributed by atoms with Crippen molar-refractivity contribution in [2.24, 2.45) is 0 Å². The highest BCUT2D eigenvalue weighted by molar-refractivity contribution is 7.89.